The standard InChI is InChI=1S/C11H11NO3/c1-15-11(14)10(12-8-13)7-9-5-3-2-4-6-9/h2-8H,1H3,(H,12,13)/b10-7+. The Hall–Kier alpha value is -2.10. The van der Waals surface area contributed by atoms with Crippen molar-refractivity contribution in [2.24, 2.45) is 0 Å². The van der Waals surface area contributed by atoms with Crippen LogP contribution in [0.4, 0.5) is 0 Å². The minimum absolute atomic E-state index is 0.110. The van der Waals surface area contributed by atoms with E-state index in [1.165, 1.54) is 7.11 Å². The predicted octanol–water partition coefficient (Wildman–Crippen LogP) is 0.946. The average Bonchev–Trinajstić information content (AvgIpc) is 2.29. The van der Waals surface area contributed by atoms with Gasteiger partial charge in [-0.25, -0.2) is 4.79 Å². The van der Waals surface area contributed by atoms with Gasteiger partial charge in [0.15, 0.2) is 0 Å². The van der Waals surface area contributed by atoms with Crippen molar-refractivity contribution in [3.8, 4) is 0 Å². The SMILES string of the molecule is COC(=O)/C(=C\c1ccccc1)NC=O. The molecule has 0 spiro atoms. The summed E-state index contributed by atoms with van der Waals surface area (Å²) in [5, 5.41) is 2.29. The second kappa shape index (κ2) is 5.59. The molecule has 4 nitrogen and oxygen atoms in total. The van der Waals surface area contributed by atoms with Crippen LogP contribution in [0.15, 0.2) is 36.0 Å². The molecule has 0 heterocycles. The van der Waals surface area contributed by atoms with Gasteiger partial charge in [-0.05, 0) is 11.6 Å². The van der Waals surface area contributed by atoms with E-state index < -0.39 is 5.97 Å². The Balaban J connectivity index is 2.93. The largest absolute Gasteiger partial charge is 0.464 e. The maximum atomic E-state index is 11.2. The van der Waals surface area contributed by atoms with E-state index in [1.54, 1.807) is 6.08 Å². The fourth-order valence-electron chi connectivity index (χ4n) is 1.05. The average molecular weight is 205 g/mol. The van der Waals surface area contributed by atoms with E-state index in [-0.39, 0.29) is 5.70 Å². The minimum atomic E-state index is -0.578. The molecule has 15 heavy (non-hydrogen) atoms. The number of hydrogen-bond acceptors (Lipinski definition) is 3. The number of esters is 1. The van der Waals surface area contributed by atoms with Gasteiger partial charge >= 0.3 is 5.97 Å². The van der Waals surface area contributed by atoms with Gasteiger partial charge in [-0.1, -0.05) is 30.3 Å². The van der Waals surface area contributed by atoms with Crippen molar-refractivity contribution in [3.63, 3.8) is 0 Å². The van der Waals surface area contributed by atoms with Crippen LogP contribution in [0, 0.1) is 0 Å². The van der Waals surface area contributed by atoms with Crippen LogP contribution < -0.4 is 5.32 Å². The second-order valence-corrected chi connectivity index (χ2v) is 2.72. The topological polar surface area (TPSA) is 55.4 Å². The summed E-state index contributed by atoms with van der Waals surface area (Å²) in [6, 6.07) is 9.16. The van der Waals surface area contributed by atoms with E-state index in [0.29, 0.717) is 6.41 Å². The zero-order chi connectivity index (χ0) is 11.1. The van der Waals surface area contributed by atoms with Crippen LogP contribution in [-0.4, -0.2) is 19.5 Å². The van der Waals surface area contributed by atoms with Crippen molar-refractivity contribution < 1.29 is 14.3 Å². The van der Waals surface area contributed by atoms with E-state index >= 15 is 0 Å². The molecule has 0 radical (unpaired) electrons. The number of benzene rings is 1. The van der Waals surface area contributed by atoms with Gasteiger partial charge in [0.25, 0.3) is 0 Å². The lowest BCUT2D eigenvalue weighted by Crippen LogP contribution is -2.19. The number of hydrogen-bond donors (Lipinski definition) is 1. The molecule has 0 saturated heterocycles. The molecule has 1 aromatic carbocycles. The number of rotatable bonds is 4. The Morgan fingerprint density at radius 1 is 1.33 bits per heavy atom. The number of nitrogens with one attached hydrogen (secondary N) is 1. The molecule has 1 rings (SSSR count). The third-order valence-corrected chi connectivity index (χ3v) is 1.73. The van der Waals surface area contributed by atoms with Crippen LogP contribution in [0.2, 0.25) is 0 Å². The lowest BCUT2D eigenvalue weighted by molar-refractivity contribution is -0.137. The van der Waals surface area contributed by atoms with Gasteiger partial charge in [0, 0.05) is 0 Å². The van der Waals surface area contributed by atoms with Gasteiger partial charge < -0.3 is 10.1 Å². The minimum Gasteiger partial charge on any atom is -0.464 e. The summed E-state index contributed by atoms with van der Waals surface area (Å²) in [4.78, 5) is 21.5. The summed E-state index contributed by atoms with van der Waals surface area (Å²) >= 11 is 0. The quantitative estimate of drug-likeness (QED) is 0.452. The molecule has 0 fully saturated rings. The van der Waals surface area contributed by atoms with Crippen molar-refractivity contribution in [2.75, 3.05) is 7.11 Å². The van der Waals surface area contributed by atoms with Crippen LogP contribution in [-0.2, 0) is 14.3 Å². The molecule has 0 unspecified atom stereocenters. The van der Waals surface area contributed by atoms with Crippen LogP contribution in [0.5, 0.6) is 0 Å². The molecule has 0 aliphatic rings. The fraction of sp³-hybridized carbons (Fsp3) is 0.0909. The Morgan fingerprint density at radius 3 is 2.53 bits per heavy atom. The Morgan fingerprint density at radius 2 is 2.00 bits per heavy atom. The summed E-state index contributed by atoms with van der Waals surface area (Å²) in [7, 11) is 1.26. The van der Waals surface area contributed by atoms with Gasteiger partial charge in [0.1, 0.15) is 5.70 Å². The van der Waals surface area contributed by atoms with Crippen molar-refractivity contribution in [1.29, 1.82) is 0 Å². The number of carbonyl (C=O) groups is 2. The van der Waals surface area contributed by atoms with E-state index in [4.69, 9.17) is 0 Å². The first-order valence-electron chi connectivity index (χ1n) is 4.33. The third-order valence-electron chi connectivity index (χ3n) is 1.73. The summed E-state index contributed by atoms with van der Waals surface area (Å²) in [5.74, 6) is -0.578. The first-order chi connectivity index (χ1) is 7.27. The highest BCUT2D eigenvalue weighted by molar-refractivity contribution is 5.95. The Kier molecular flexibility index (Phi) is 4.09. The molecule has 1 amide bonds. The molecule has 78 valence electrons. The van der Waals surface area contributed by atoms with Gasteiger partial charge in [-0.2, -0.15) is 0 Å². The monoisotopic (exact) mass is 205 g/mol. The second-order valence-electron chi connectivity index (χ2n) is 2.72. The molecule has 0 aliphatic heterocycles. The molecule has 0 aliphatic carbocycles. The predicted molar refractivity (Wildman–Crippen MR) is 55.6 cm³/mol. The number of amides is 1. The van der Waals surface area contributed by atoms with Crippen molar-refractivity contribution in [2.45, 2.75) is 0 Å². The van der Waals surface area contributed by atoms with E-state index in [9.17, 15) is 9.59 Å². The summed E-state index contributed by atoms with van der Waals surface area (Å²) in [6.07, 6.45) is 1.98. The number of methoxy groups -OCH3 is 1. The van der Waals surface area contributed by atoms with Crippen molar-refractivity contribution in [3.05, 3.63) is 41.6 Å². The van der Waals surface area contributed by atoms with Crippen LogP contribution in [0.25, 0.3) is 6.08 Å². The molecule has 1 aromatic rings. The number of ether oxygens (including phenoxy) is 1. The molecule has 0 bridgehead atoms. The Bertz CT molecular complexity index is 371. The maximum Gasteiger partial charge on any atom is 0.354 e. The molecule has 1 N–H and O–H groups in total. The highest BCUT2D eigenvalue weighted by Gasteiger charge is 2.07. The zero-order valence-electron chi connectivity index (χ0n) is 8.27. The van der Waals surface area contributed by atoms with Gasteiger partial charge in [0.2, 0.25) is 6.41 Å². The highest BCUT2D eigenvalue weighted by Crippen LogP contribution is 2.05. The molecule has 0 saturated carbocycles. The molecule has 0 aromatic heterocycles. The molecule has 0 atom stereocenters. The maximum absolute atomic E-state index is 11.2. The van der Waals surface area contributed by atoms with E-state index in [1.807, 2.05) is 30.3 Å². The van der Waals surface area contributed by atoms with Crippen LogP contribution in [0.1, 0.15) is 5.56 Å². The van der Waals surface area contributed by atoms with E-state index in [0.717, 1.165) is 5.56 Å². The van der Waals surface area contributed by atoms with E-state index in [2.05, 4.69) is 10.1 Å². The van der Waals surface area contributed by atoms with Crippen molar-refractivity contribution in [1.82, 2.24) is 5.32 Å². The first-order valence-corrected chi connectivity index (χ1v) is 4.33. The third kappa shape index (κ3) is 3.27. The Labute approximate surface area is 87.6 Å². The first kappa shape index (κ1) is 11.0. The zero-order valence-corrected chi connectivity index (χ0v) is 8.27. The molecular weight excluding hydrogens is 194 g/mol. The molecule has 4 heteroatoms. The van der Waals surface area contributed by atoms with Gasteiger partial charge in [-0.3, -0.25) is 4.79 Å². The van der Waals surface area contributed by atoms with Crippen molar-refractivity contribution >= 4 is 18.5 Å². The molecular formula is C11H11NO3. The highest BCUT2D eigenvalue weighted by atomic mass is 16.5. The van der Waals surface area contributed by atoms with Crippen LogP contribution >= 0.6 is 0 Å². The smallest absolute Gasteiger partial charge is 0.354 e. The summed E-state index contributed by atoms with van der Waals surface area (Å²) in [6.45, 7) is 0. The van der Waals surface area contributed by atoms with Gasteiger partial charge in [0.05, 0.1) is 7.11 Å². The summed E-state index contributed by atoms with van der Waals surface area (Å²) < 4.78 is 4.51. The lowest BCUT2D eigenvalue weighted by Gasteiger charge is -2.02. The fourth-order valence-corrected chi connectivity index (χ4v) is 1.05. The normalized spacial score (nSPS) is 10.6. The lowest BCUT2D eigenvalue weighted by atomic mass is 10.2. The number of carbonyl (C=O) groups excluding carboxylic acids is 2. The van der Waals surface area contributed by atoms with Gasteiger partial charge in [-0.15, -0.1) is 0 Å². The summed E-state index contributed by atoms with van der Waals surface area (Å²) in [5.41, 5.74) is 0.922. The van der Waals surface area contributed by atoms with Crippen LogP contribution in [0.3, 0.4) is 0 Å².